The van der Waals surface area contributed by atoms with Crippen LogP contribution >= 0.6 is 0 Å². The number of hydrogen-bond acceptors (Lipinski definition) is 6. The van der Waals surface area contributed by atoms with E-state index in [1.54, 1.807) is 0 Å². The molecule has 1 fully saturated rings. The van der Waals surface area contributed by atoms with Gasteiger partial charge in [-0.15, -0.1) is 0 Å². The van der Waals surface area contributed by atoms with Crippen LogP contribution in [0, 0.1) is 0 Å². The summed E-state index contributed by atoms with van der Waals surface area (Å²) < 4.78 is 11.7. The van der Waals surface area contributed by atoms with Crippen molar-refractivity contribution in [2.45, 2.75) is 24.5 Å². The van der Waals surface area contributed by atoms with Crippen molar-refractivity contribution in [1.29, 1.82) is 0 Å². The Hall–Kier alpha value is -1.41. The molecule has 100 valence electrons. The molecule has 2 rings (SSSR count). The number of pyridine rings is 1. The molecule has 1 aromatic rings. The zero-order chi connectivity index (χ0) is 13.3. The van der Waals surface area contributed by atoms with Crippen LogP contribution in [0.25, 0.3) is 0 Å². The van der Waals surface area contributed by atoms with Gasteiger partial charge in [0.25, 0.3) is 5.56 Å². The molecule has 0 spiro atoms. The van der Waals surface area contributed by atoms with Crippen molar-refractivity contribution in [3.8, 4) is 5.75 Å². The van der Waals surface area contributed by atoms with E-state index < -0.39 is 30.1 Å². The zero-order valence-corrected chi connectivity index (χ0v) is 9.76. The monoisotopic (exact) mass is 257 g/mol. The second-order valence-corrected chi connectivity index (χ2v) is 4.07. The van der Waals surface area contributed by atoms with Crippen molar-refractivity contribution in [3.63, 3.8) is 0 Å². The Balaban J connectivity index is 2.35. The first-order valence-electron chi connectivity index (χ1n) is 5.47. The lowest BCUT2D eigenvalue weighted by molar-refractivity contribution is -0.0619. The summed E-state index contributed by atoms with van der Waals surface area (Å²) in [6.07, 6.45) is -2.08. The maximum Gasteiger partial charge on any atom is 0.256 e. The van der Waals surface area contributed by atoms with Crippen molar-refractivity contribution in [1.82, 2.24) is 4.57 Å². The molecule has 0 aliphatic carbocycles. The van der Waals surface area contributed by atoms with Crippen LogP contribution in [-0.2, 0) is 9.47 Å². The summed E-state index contributed by atoms with van der Waals surface area (Å²) >= 11 is 0. The molecule has 0 bridgehead atoms. The Morgan fingerprint density at radius 1 is 1.56 bits per heavy atom. The molecule has 1 aliphatic heterocycles. The summed E-state index contributed by atoms with van der Waals surface area (Å²) in [7, 11) is 1.38. The van der Waals surface area contributed by atoms with Crippen molar-refractivity contribution >= 4 is 0 Å². The summed E-state index contributed by atoms with van der Waals surface area (Å²) in [6.45, 7) is -0.371. The maximum absolute atomic E-state index is 11.7. The molecule has 0 aromatic carbocycles. The highest BCUT2D eigenvalue weighted by Crippen LogP contribution is 2.30. The summed E-state index contributed by atoms with van der Waals surface area (Å²) in [5.41, 5.74) is -0.479. The molecule has 1 aliphatic rings. The number of nitrogens with zero attached hydrogens (tertiary/aromatic N) is 1. The molecular weight excluding hydrogens is 242 g/mol. The maximum atomic E-state index is 11.7. The minimum atomic E-state index is -1.02. The van der Waals surface area contributed by atoms with Crippen LogP contribution in [0.3, 0.4) is 0 Å². The topological polar surface area (TPSA) is 101 Å². The van der Waals surface area contributed by atoms with Gasteiger partial charge in [-0.25, -0.2) is 0 Å². The highest BCUT2D eigenvalue weighted by molar-refractivity contribution is 5.16. The van der Waals surface area contributed by atoms with Gasteiger partial charge in [-0.3, -0.25) is 9.36 Å². The number of ether oxygens (including phenoxy) is 2. The normalized spacial score (nSPS) is 31.7. The van der Waals surface area contributed by atoms with Crippen LogP contribution in [-0.4, -0.2) is 51.9 Å². The van der Waals surface area contributed by atoms with Gasteiger partial charge in [0.05, 0.1) is 6.61 Å². The van der Waals surface area contributed by atoms with Gasteiger partial charge in [-0.2, -0.15) is 0 Å². The summed E-state index contributed by atoms with van der Waals surface area (Å²) in [6, 6.07) is 2.37. The van der Waals surface area contributed by atoms with Gasteiger partial charge >= 0.3 is 0 Å². The van der Waals surface area contributed by atoms with E-state index in [0.29, 0.717) is 0 Å². The van der Waals surface area contributed by atoms with Gasteiger partial charge in [0.1, 0.15) is 24.1 Å². The Morgan fingerprint density at radius 3 is 2.83 bits per heavy atom. The summed E-state index contributed by atoms with van der Waals surface area (Å²) in [5.74, 6) is -0.150. The van der Waals surface area contributed by atoms with Crippen LogP contribution < -0.4 is 5.56 Å². The molecule has 4 atom stereocenters. The van der Waals surface area contributed by atoms with Gasteiger partial charge < -0.3 is 24.8 Å². The zero-order valence-electron chi connectivity index (χ0n) is 9.76. The fourth-order valence-corrected chi connectivity index (χ4v) is 2.04. The fourth-order valence-electron chi connectivity index (χ4n) is 2.04. The first kappa shape index (κ1) is 13.0. The van der Waals surface area contributed by atoms with Crippen LogP contribution in [0.1, 0.15) is 6.23 Å². The first-order chi connectivity index (χ1) is 8.58. The number of aliphatic hydroxyl groups excluding tert-OH is 2. The van der Waals surface area contributed by atoms with Crippen LogP contribution in [0.15, 0.2) is 23.1 Å². The van der Waals surface area contributed by atoms with Crippen LogP contribution in [0.2, 0.25) is 0 Å². The summed E-state index contributed by atoms with van der Waals surface area (Å²) in [5, 5.41) is 28.1. The first-order valence-corrected chi connectivity index (χ1v) is 5.47. The third-order valence-electron chi connectivity index (χ3n) is 2.97. The average Bonchev–Trinajstić information content (AvgIpc) is 2.65. The Kier molecular flexibility index (Phi) is 3.67. The molecule has 7 heteroatoms. The third kappa shape index (κ3) is 2.13. The fraction of sp³-hybridized carbons (Fsp3) is 0.545. The van der Waals surface area contributed by atoms with E-state index in [4.69, 9.17) is 14.6 Å². The lowest BCUT2D eigenvalue weighted by Crippen LogP contribution is -2.36. The van der Waals surface area contributed by atoms with Crippen LogP contribution in [0.4, 0.5) is 0 Å². The molecule has 1 aromatic heterocycles. The Labute approximate surface area is 103 Å². The molecule has 1 saturated heterocycles. The van der Waals surface area contributed by atoms with Crippen molar-refractivity contribution in [2.24, 2.45) is 0 Å². The smallest absolute Gasteiger partial charge is 0.256 e. The Morgan fingerprint density at radius 2 is 2.28 bits per heavy atom. The largest absolute Gasteiger partial charge is 0.508 e. The van der Waals surface area contributed by atoms with E-state index in [0.717, 1.165) is 6.07 Å². The molecular formula is C11H15NO6. The molecule has 4 unspecified atom stereocenters. The average molecular weight is 257 g/mol. The highest BCUT2D eigenvalue weighted by atomic mass is 16.6. The second kappa shape index (κ2) is 5.07. The van der Waals surface area contributed by atoms with Gasteiger partial charge in [-0.05, 0) is 6.07 Å². The van der Waals surface area contributed by atoms with E-state index in [9.17, 15) is 15.0 Å². The second-order valence-electron chi connectivity index (χ2n) is 4.07. The number of aromatic hydroxyl groups is 1. The molecule has 18 heavy (non-hydrogen) atoms. The van der Waals surface area contributed by atoms with Gasteiger partial charge in [-0.1, -0.05) is 0 Å². The number of methoxy groups -OCH3 is 1. The van der Waals surface area contributed by atoms with Gasteiger partial charge in [0, 0.05) is 19.4 Å². The third-order valence-corrected chi connectivity index (χ3v) is 2.97. The number of rotatable bonds is 3. The van der Waals surface area contributed by atoms with Crippen molar-refractivity contribution in [2.75, 3.05) is 13.7 Å². The van der Waals surface area contributed by atoms with E-state index in [1.807, 2.05) is 0 Å². The molecule has 0 radical (unpaired) electrons. The minimum absolute atomic E-state index is 0.150. The number of aliphatic hydroxyl groups is 2. The SMILES string of the molecule is COC1C(O)C(CO)OC1n1ccc(O)cc1=O. The highest BCUT2D eigenvalue weighted by Gasteiger charge is 2.44. The molecule has 2 heterocycles. The Bertz CT molecular complexity index is 473. The van der Waals surface area contributed by atoms with Crippen molar-refractivity contribution < 1.29 is 24.8 Å². The van der Waals surface area contributed by atoms with E-state index >= 15 is 0 Å². The van der Waals surface area contributed by atoms with E-state index in [-0.39, 0.29) is 12.4 Å². The predicted molar refractivity (Wildman–Crippen MR) is 60.2 cm³/mol. The lowest BCUT2D eigenvalue weighted by Gasteiger charge is -2.20. The van der Waals surface area contributed by atoms with E-state index in [1.165, 1.54) is 23.9 Å². The quantitative estimate of drug-likeness (QED) is 0.630. The van der Waals surface area contributed by atoms with Gasteiger partial charge in [0.2, 0.25) is 0 Å². The standard InChI is InChI=1S/C11H15NO6/c1-17-10-9(16)7(5-13)18-11(10)12-3-2-6(14)4-8(12)15/h2-4,7,9-11,13-14,16H,5H2,1H3. The molecule has 0 saturated carbocycles. The summed E-state index contributed by atoms with van der Waals surface area (Å²) in [4.78, 5) is 11.7. The van der Waals surface area contributed by atoms with Crippen molar-refractivity contribution in [3.05, 3.63) is 28.7 Å². The predicted octanol–water partition coefficient (Wildman–Crippen LogP) is -1.18. The minimum Gasteiger partial charge on any atom is -0.508 e. The molecule has 3 N–H and O–H groups in total. The van der Waals surface area contributed by atoms with Crippen LogP contribution in [0.5, 0.6) is 5.75 Å². The molecule has 0 amide bonds. The number of aromatic nitrogens is 1. The number of hydrogen-bond donors (Lipinski definition) is 3. The lowest BCUT2D eigenvalue weighted by atomic mass is 10.1. The van der Waals surface area contributed by atoms with E-state index in [2.05, 4.69) is 0 Å². The van der Waals surface area contributed by atoms with Gasteiger partial charge in [0.15, 0.2) is 6.23 Å². The molecule has 7 nitrogen and oxygen atoms in total.